The summed E-state index contributed by atoms with van der Waals surface area (Å²) in [6.45, 7) is 1.90. The molecule has 27 heavy (non-hydrogen) atoms. The Morgan fingerprint density at radius 2 is 2.00 bits per heavy atom. The highest BCUT2D eigenvalue weighted by Gasteiger charge is 2.12. The van der Waals surface area contributed by atoms with Crippen molar-refractivity contribution in [2.45, 2.75) is 13.0 Å². The van der Waals surface area contributed by atoms with Gasteiger partial charge >= 0.3 is 0 Å². The topological polar surface area (TPSA) is 64.9 Å². The maximum atomic E-state index is 12.3. The van der Waals surface area contributed by atoms with Crippen molar-refractivity contribution in [2.75, 3.05) is 14.2 Å². The molecule has 1 unspecified atom stereocenters. The van der Waals surface area contributed by atoms with Crippen LogP contribution in [0.2, 0.25) is 5.15 Å². The number of hydrogen-bond acceptors (Lipinski definition) is 4. The molecule has 0 aliphatic heterocycles. The Morgan fingerprint density at radius 3 is 2.74 bits per heavy atom. The van der Waals surface area contributed by atoms with Crippen molar-refractivity contribution in [3.8, 4) is 11.5 Å². The van der Waals surface area contributed by atoms with Crippen LogP contribution in [-0.4, -0.2) is 29.5 Å². The Morgan fingerprint density at radius 1 is 1.22 bits per heavy atom. The lowest BCUT2D eigenvalue weighted by Gasteiger charge is -2.15. The average Bonchev–Trinajstić information content (AvgIpc) is 3.00. The molecule has 0 bridgehead atoms. The first-order chi connectivity index (χ1) is 13.0. The van der Waals surface area contributed by atoms with Crippen LogP contribution in [0.1, 0.15) is 24.2 Å². The molecular weight excluding hydrogens is 366 g/mol. The first-order valence-corrected chi connectivity index (χ1v) is 8.74. The van der Waals surface area contributed by atoms with E-state index in [4.69, 9.17) is 21.1 Å². The molecule has 2 aromatic heterocycles. The van der Waals surface area contributed by atoms with E-state index < -0.39 is 0 Å². The molecule has 0 spiro atoms. The van der Waals surface area contributed by atoms with E-state index >= 15 is 0 Å². The number of hydrogen-bond donors (Lipinski definition) is 1. The first-order valence-electron chi connectivity index (χ1n) is 8.36. The summed E-state index contributed by atoms with van der Waals surface area (Å²) >= 11 is 6.17. The van der Waals surface area contributed by atoms with Crippen LogP contribution < -0.4 is 14.8 Å². The number of pyridine rings is 1. The highest BCUT2D eigenvalue weighted by atomic mass is 35.5. The van der Waals surface area contributed by atoms with Crippen LogP contribution in [0.4, 0.5) is 0 Å². The summed E-state index contributed by atoms with van der Waals surface area (Å²) in [4.78, 5) is 16.6. The number of fused-ring (bicyclic) bond motifs is 1. The van der Waals surface area contributed by atoms with Gasteiger partial charge in [0.25, 0.3) is 0 Å². The van der Waals surface area contributed by atoms with Gasteiger partial charge < -0.3 is 14.8 Å². The second kappa shape index (κ2) is 8.14. The summed E-state index contributed by atoms with van der Waals surface area (Å²) in [7, 11) is 3.16. The number of carbonyl (C=O) groups excluding carboxylic acids is 1. The molecule has 1 aromatic carbocycles. The summed E-state index contributed by atoms with van der Waals surface area (Å²) in [6.07, 6.45) is 4.94. The van der Waals surface area contributed by atoms with Crippen LogP contribution in [0.15, 0.2) is 48.7 Å². The monoisotopic (exact) mass is 385 g/mol. The number of aromatic nitrogens is 2. The van der Waals surface area contributed by atoms with Crippen molar-refractivity contribution in [3.05, 3.63) is 65.1 Å². The Balaban J connectivity index is 1.73. The second-order valence-corrected chi connectivity index (χ2v) is 6.25. The van der Waals surface area contributed by atoms with Crippen LogP contribution in [0.5, 0.6) is 11.5 Å². The van der Waals surface area contributed by atoms with Gasteiger partial charge in [-0.2, -0.15) is 0 Å². The van der Waals surface area contributed by atoms with Crippen LogP contribution >= 0.6 is 11.6 Å². The van der Waals surface area contributed by atoms with Gasteiger partial charge in [0.1, 0.15) is 5.65 Å². The summed E-state index contributed by atoms with van der Waals surface area (Å²) < 4.78 is 12.4. The molecule has 2 heterocycles. The number of methoxy groups -OCH3 is 2. The fourth-order valence-corrected chi connectivity index (χ4v) is 3.00. The van der Waals surface area contributed by atoms with Gasteiger partial charge in [-0.15, -0.1) is 0 Å². The number of nitrogens with zero attached hydrogens (tertiary/aromatic N) is 2. The Kier molecular flexibility index (Phi) is 5.66. The molecule has 0 saturated heterocycles. The third-order valence-corrected chi connectivity index (χ3v) is 4.46. The third kappa shape index (κ3) is 4.06. The molecule has 1 atom stereocenters. The Hall–Kier alpha value is -2.99. The molecule has 1 amide bonds. The van der Waals surface area contributed by atoms with Gasteiger partial charge in [0.05, 0.1) is 26.0 Å². The van der Waals surface area contributed by atoms with E-state index in [0.717, 1.165) is 11.2 Å². The van der Waals surface area contributed by atoms with Crippen molar-refractivity contribution in [1.82, 2.24) is 14.7 Å². The number of nitrogens with one attached hydrogen (secondary N) is 1. The predicted molar refractivity (Wildman–Crippen MR) is 105 cm³/mol. The van der Waals surface area contributed by atoms with E-state index in [0.29, 0.717) is 22.3 Å². The smallest absolute Gasteiger partial charge is 0.244 e. The molecule has 0 saturated carbocycles. The predicted octanol–water partition coefficient (Wildman–Crippen LogP) is 3.90. The molecule has 0 aliphatic rings. The van der Waals surface area contributed by atoms with E-state index in [1.807, 2.05) is 53.9 Å². The summed E-state index contributed by atoms with van der Waals surface area (Å²) in [5.74, 6) is 1.02. The zero-order chi connectivity index (χ0) is 19.4. The third-order valence-electron chi connectivity index (χ3n) is 4.18. The van der Waals surface area contributed by atoms with Crippen molar-refractivity contribution in [1.29, 1.82) is 0 Å². The maximum Gasteiger partial charge on any atom is 0.244 e. The molecule has 140 valence electrons. The fourth-order valence-electron chi connectivity index (χ4n) is 2.76. The van der Waals surface area contributed by atoms with Gasteiger partial charge in [0, 0.05) is 12.3 Å². The van der Waals surface area contributed by atoms with E-state index in [9.17, 15) is 4.79 Å². The second-order valence-electron chi connectivity index (χ2n) is 5.89. The summed E-state index contributed by atoms with van der Waals surface area (Å²) in [5, 5.41) is 3.27. The van der Waals surface area contributed by atoms with Crippen LogP contribution in [-0.2, 0) is 4.79 Å². The molecule has 0 aliphatic carbocycles. The zero-order valence-electron chi connectivity index (χ0n) is 15.3. The maximum absolute atomic E-state index is 12.3. The summed E-state index contributed by atoms with van der Waals surface area (Å²) in [6, 6.07) is 10.9. The van der Waals surface area contributed by atoms with E-state index in [2.05, 4.69) is 10.3 Å². The molecule has 0 radical (unpaired) electrons. The largest absolute Gasteiger partial charge is 0.493 e. The SMILES string of the molecule is COc1ccc(C(C)NC(=O)/C=C/c2c(Cl)nc3ccccn23)cc1OC. The number of halogens is 1. The molecule has 1 N–H and O–H groups in total. The van der Waals surface area contributed by atoms with Gasteiger partial charge in [0.15, 0.2) is 16.7 Å². The van der Waals surface area contributed by atoms with E-state index in [-0.39, 0.29) is 11.9 Å². The van der Waals surface area contributed by atoms with E-state index in [1.54, 1.807) is 20.3 Å². The van der Waals surface area contributed by atoms with Gasteiger partial charge in [0.2, 0.25) is 5.91 Å². The zero-order valence-corrected chi connectivity index (χ0v) is 16.0. The van der Waals surface area contributed by atoms with Crippen LogP contribution in [0, 0.1) is 0 Å². The van der Waals surface area contributed by atoms with Gasteiger partial charge in [-0.1, -0.05) is 23.7 Å². The van der Waals surface area contributed by atoms with Gasteiger partial charge in [-0.25, -0.2) is 4.98 Å². The normalized spacial score (nSPS) is 12.3. The number of carbonyl (C=O) groups is 1. The summed E-state index contributed by atoms with van der Waals surface area (Å²) in [5.41, 5.74) is 2.28. The van der Waals surface area contributed by atoms with Crippen molar-refractivity contribution < 1.29 is 14.3 Å². The van der Waals surface area contributed by atoms with Crippen molar-refractivity contribution in [3.63, 3.8) is 0 Å². The standard InChI is InChI=1S/C20H20ClN3O3/c1-13(14-7-9-16(26-2)17(12-14)27-3)22-19(25)10-8-15-20(21)23-18-6-4-5-11-24(15)18/h4-13H,1-3H3,(H,22,25)/b10-8+. The fraction of sp³-hybridized carbons (Fsp3) is 0.200. The Bertz CT molecular complexity index is 997. The molecule has 3 aromatic rings. The first kappa shape index (κ1) is 18.8. The minimum atomic E-state index is -0.237. The number of ether oxygens (including phenoxy) is 2. The average molecular weight is 386 g/mol. The highest BCUT2D eigenvalue weighted by molar-refractivity contribution is 6.31. The molecule has 6 nitrogen and oxygen atoms in total. The van der Waals surface area contributed by atoms with E-state index in [1.165, 1.54) is 6.08 Å². The number of benzene rings is 1. The minimum absolute atomic E-state index is 0.209. The molecule has 3 rings (SSSR count). The highest BCUT2D eigenvalue weighted by Crippen LogP contribution is 2.29. The molecule has 0 fully saturated rings. The quantitative estimate of drug-likeness (QED) is 0.654. The minimum Gasteiger partial charge on any atom is -0.493 e. The number of amides is 1. The molecular formula is C20H20ClN3O3. The van der Waals surface area contributed by atoms with Crippen LogP contribution in [0.25, 0.3) is 11.7 Å². The van der Waals surface area contributed by atoms with Gasteiger partial charge in [-0.3, -0.25) is 9.20 Å². The lowest BCUT2D eigenvalue weighted by molar-refractivity contribution is -0.117. The van der Waals surface area contributed by atoms with Gasteiger partial charge in [-0.05, 0) is 42.8 Å². The lowest BCUT2D eigenvalue weighted by Crippen LogP contribution is -2.24. The lowest BCUT2D eigenvalue weighted by atomic mass is 10.1. The van der Waals surface area contributed by atoms with Crippen molar-refractivity contribution in [2.24, 2.45) is 0 Å². The van der Waals surface area contributed by atoms with Crippen molar-refractivity contribution >= 4 is 29.2 Å². The number of rotatable bonds is 6. The molecule has 7 heteroatoms. The van der Waals surface area contributed by atoms with Crippen LogP contribution in [0.3, 0.4) is 0 Å². The number of imidazole rings is 1. The Labute approximate surface area is 162 Å².